The maximum Gasteiger partial charge on any atom is 0.218 e. The summed E-state index contributed by atoms with van der Waals surface area (Å²) in [7, 11) is 0. The summed E-state index contributed by atoms with van der Waals surface area (Å²) >= 11 is 23.6. The van der Waals surface area contributed by atoms with E-state index in [9.17, 15) is 0 Å². The first-order valence-corrected chi connectivity index (χ1v) is 8.16. The molecular formula is C15H13Cl4N5. The molecule has 0 amide bonds. The Morgan fingerprint density at radius 1 is 0.875 bits per heavy atom. The molecular weight excluding hydrogens is 392 g/mol. The number of halogens is 4. The van der Waals surface area contributed by atoms with Crippen LogP contribution in [0.1, 0.15) is 5.56 Å². The van der Waals surface area contributed by atoms with E-state index < -0.39 is 0 Å². The molecule has 0 spiro atoms. The molecule has 0 aromatic heterocycles. The molecule has 2 aromatic carbocycles. The van der Waals surface area contributed by atoms with Gasteiger partial charge in [0.1, 0.15) is 0 Å². The maximum atomic E-state index is 5.94. The predicted molar refractivity (Wildman–Crippen MR) is 103 cm³/mol. The summed E-state index contributed by atoms with van der Waals surface area (Å²) < 4.78 is 0. The first-order chi connectivity index (χ1) is 11.3. The second kappa shape index (κ2) is 8.44. The van der Waals surface area contributed by atoms with Gasteiger partial charge in [0.2, 0.25) is 11.9 Å². The summed E-state index contributed by atoms with van der Waals surface area (Å²) in [5.41, 5.74) is 13.0. The average molecular weight is 405 g/mol. The SMILES string of the molecule is NC(=NCc1ccc(Cl)c(Cl)c1)N=C(N)Nc1ccc(Cl)c(Cl)c1. The number of hydrogen-bond acceptors (Lipinski definition) is 1. The third-order valence-corrected chi connectivity index (χ3v) is 4.31. The van der Waals surface area contributed by atoms with Gasteiger partial charge < -0.3 is 16.8 Å². The van der Waals surface area contributed by atoms with Gasteiger partial charge >= 0.3 is 0 Å². The van der Waals surface area contributed by atoms with Crippen LogP contribution in [0.2, 0.25) is 20.1 Å². The number of rotatable bonds is 3. The first-order valence-electron chi connectivity index (χ1n) is 6.65. The Balaban J connectivity index is 2.02. The molecule has 0 radical (unpaired) electrons. The third-order valence-electron chi connectivity index (χ3n) is 2.83. The van der Waals surface area contributed by atoms with Gasteiger partial charge in [0.05, 0.1) is 26.6 Å². The molecule has 0 aliphatic rings. The van der Waals surface area contributed by atoms with E-state index >= 15 is 0 Å². The van der Waals surface area contributed by atoms with Crippen LogP contribution in [0, 0.1) is 0 Å². The normalized spacial score (nSPS) is 12.3. The zero-order valence-electron chi connectivity index (χ0n) is 12.2. The van der Waals surface area contributed by atoms with Gasteiger partial charge in [-0.2, -0.15) is 4.99 Å². The molecule has 126 valence electrons. The second-order valence-electron chi connectivity index (χ2n) is 4.67. The number of nitrogens with two attached hydrogens (primary N) is 2. The number of hydrogen-bond donors (Lipinski definition) is 3. The average Bonchev–Trinajstić information content (AvgIpc) is 2.52. The van der Waals surface area contributed by atoms with Crippen LogP contribution >= 0.6 is 46.4 Å². The van der Waals surface area contributed by atoms with E-state index in [1.807, 2.05) is 0 Å². The van der Waals surface area contributed by atoms with E-state index in [1.165, 1.54) is 0 Å². The van der Waals surface area contributed by atoms with Crippen LogP contribution in [-0.2, 0) is 6.54 Å². The largest absolute Gasteiger partial charge is 0.369 e. The topological polar surface area (TPSA) is 88.8 Å². The molecule has 0 atom stereocenters. The van der Waals surface area contributed by atoms with Crippen molar-refractivity contribution in [1.29, 1.82) is 0 Å². The van der Waals surface area contributed by atoms with Gasteiger partial charge in [0.15, 0.2) is 0 Å². The highest BCUT2D eigenvalue weighted by molar-refractivity contribution is 6.42. The van der Waals surface area contributed by atoms with Crippen molar-refractivity contribution in [1.82, 2.24) is 0 Å². The van der Waals surface area contributed by atoms with Crippen LogP contribution in [-0.4, -0.2) is 11.9 Å². The maximum absolute atomic E-state index is 5.94. The van der Waals surface area contributed by atoms with Crippen molar-refractivity contribution in [3.8, 4) is 0 Å². The van der Waals surface area contributed by atoms with Crippen LogP contribution in [0.4, 0.5) is 5.69 Å². The standard InChI is InChI=1S/C15H13Cl4N5/c16-10-3-1-8(5-12(10)18)7-22-14(20)24-15(21)23-9-2-4-11(17)13(19)6-9/h1-6H,7H2,(H5,20,21,22,23,24). The highest BCUT2D eigenvalue weighted by Crippen LogP contribution is 2.25. The highest BCUT2D eigenvalue weighted by Gasteiger charge is 2.02. The minimum Gasteiger partial charge on any atom is -0.369 e. The van der Waals surface area contributed by atoms with Crippen LogP contribution in [0.3, 0.4) is 0 Å². The number of aliphatic imine (C=N–C) groups is 2. The van der Waals surface area contributed by atoms with Crippen LogP contribution < -0.4 is 16.8 Å². The number of guanidine groups is 2. The summed E-state index contributed by atoms with van der Waals surface area (Å²) in [6.07, 6.45) is 0. The van der Waals surface area contributed by atoms with Gasteiger partial charge in [-0.1, -0.05) is 52.5 Å². The number of nitrogens with zero attached hydrogens (tertiary/aromatic N) is 2. The summed E-state index contributed by atoms with van der Waals surface area (Å²) in [5.74, 6) is 0.0925. The molecule has 0 saturated carbocycles. The van der Waals surface area contributed by atoms with Crippen molar-refractivity contribution in [2.45, 2.75) is 6.54 Å². The summed E-state index contributed by atoms with van der Waals surface area (Å²) in [5, 5.41) is 4.61. The second-order valence-corrected chi connectivity index (χ2v) is 6.30. The zero-order valence-corrected chi connectivity index (χ0v) is 15.3. The summed E-state index contributed by atoms with van der Waals surface area (Å²) in [6, 6.07) is 10.2. The Labute approximate surface area is 159 Å². The molecule has 2 aromatic rings. The molecule has 2 rings (SSSR count). The molecule has 24 heavy (non-hydrogen) atoms. The fourth-order valence-corrected chi connectivity index (χ4v) is 2.34. The third kappa shape index (κ3) is 5.46. The van der Waals surface area contributed by atoms with Crippen molar-refractivity contribution in [3.05, 3.63) is 62.1 Å². The molecule has 0 heterocycles. The number of nitrogens with one attached hydrogen (secondary N) is 1. The predicted octanol–water partition coefficient (Wildman–Crippen LogP) is 4.54. The minimum absolute atomic E-state index is 0.0196. The quantitative estimate of drug-likeness (QED) is 0.518. The molecule has 5 nitrogen and oxygen atoms in total. The fraction of sp³-hybridized carbons (Fsp3) is 0.0667. The lowest BCUT2D eigenvalue weighted by Gasteiger charge is -2.06. The van der Waals surface area contributed by atoms with Crippen molar-refractivity contribution in [2.75, 3.05) is 5.32 Å². The molecule has 0 aliphatic carbocycles. The van der Waals surface area contributed by atoms with E-state index in [0.29, 0.717) is 32.3 Å². The Bertz CT molecular complexity index is 804. The molecule has 0 bridgehead atoms. The van der Waals surface area contributed by atoms with E-state index in [4.69, 9.17) is 57.9 Å². The summed E-state index contributed by atoms with van der Waals surface area (Å²) in [6.45, 7) is 0.298. The van der Waals surface area contributed by atoms with Gasteiger partial charge in [-0.05, 0) is 35.9 Å². The van der Waals surface area contributed by atoms with Crippen LogP contribution in [0.5, 0.6) is 0 Å². The molecule has 0 aliphatic heterocycles. The van der Waals surface area contributed by atoms with E-state index in [2.05, 4.69) is 15.3 Å². The van der Waals surface area contributed by atoms with Crippen molar-refractivity contribution >= 4 is 64.0 Å². The van der Waals surface area contributed by atoms with E-state index in [1.54, 1.807) is 36.4 Å². The zero-order chi connectivity index (χ0) is 17.7. The smallest absolute Gasteiger partial charge is 0.218 e. The Hall–Kier alpha value is -1.66. The van der Waals surface area contributed by atoms with Gasteiger partial charge in [0, 0.05) is 5.69 Å². The van der Waals surface area contributed by atoms with Gasteiger partial charge in [-0.3, -0.25) is 0 Å². The highest BCUT2D eigenvalue weighted by atomic mass is 35.5. The van der Waals surface area contributed by atoms with Gasteiger partial charge in [0.25, 0.3) is 0 Å². The summed E-state index contributed by atoms with van der Waals surface area (Å²) in [4.78, 5) is 8.07. The van der Waals surface area contributed by atoms with Gasteiger partial charge in [-0.15, -0.1) is 0 Å². The Morgan fingerprint density at radius 3 is 2.12 bits per heavy atom. The van der Waals surface area contributed by atoms with Crippen LogP contribution in [0.25, 0.3) is 0 Å². The molecule has 0 fully saturated rings. The van der Waals surface area contributed by atoms with Crippen molar-refractivity contribution in [3.63, 3.8) is 0 Å². The number of anilines is 1. The molecule has 5 N–H and O–H groups in total. The van der Waals surface area contributed by atoms with Gasteiger partial charge in [-0.25, -0.2) is 4.99 Å². The van der Waals surface area contributed by atoms with Crippen LogP contribution in [0.15, 0.2) is 46.4 Å². The molecule has 0 unspecified atom stereocenters. The number of benzene rings is 2. The van der Waals surface area contributed by atoms with E-state index in [-0.39, 0.29) is 11.9 Å². The molecule has 0 saturated heterocycles. The van der Waals surface area contributed by atoms with Crippen molar-refractivity contribution < 1.29 is 0 Å². The first kappa shape index (κ1) is 18.7. The fourth-order valence-electron chi connectivity index (χ4n) is 1.72. The minimum atomic E-state index is 0.0196. The monoisotopic (exact) mass is 403 g/mol. The molecule has 9 heteroatoms. The lowest BCUT2D eigenvalue weighted by atomic mass is 10.2. The Kier molecular flexibility index (Phi) is 6.57. The Morgan fingerprint density at radius 2 is 1.50 bits per heavy atom. The van der Waals surface area contributed by atoms with E-state index in [0.717, 1.165) is 5.56 Å². The lowest BCUT2D eigenvalue weighted by Crippen LogP contribution is -2.26. The lowest BCUT2D eigenvalue weighted by molar-refractivity contribution is 1.05. The van der Waals surface area contributed by atoms with Crippen molar-refractivity contribution in [2.24, 2.45) is 21.5 Å².